The molecule has 21 heavy (non-hydrogen) atoms. The maximum Gasteiger partial charge on any atom is -0.0533 e. The van der Waals surface area contributed by atoms with E-state index in [1.54, 1.807) is 0 Å². The maximum atomic E-state index is 2.00. The Morgan fingerprint density at radius 1 is 0.190 bits per heavy atom. The fraction of sp³-hybridized carbons (Fsp3) is 1.00. The van der Waals surface area contributed by atoms with Gasteiger partial charge in [-0.25, -0.2) is 0 Å². The first-order chi connectivity index (χ1) is 10.5. The first-order valence-electron chi connectivity index (χ1n) is 10.5. The standard InChI is InChI=1S/C17H34.2C2H6/c1-2-4-6-8-10-12-14-16-17-15-13-11-9-7-5-3-1;2*1-2/h1-17H2;2*1-2H3. The molecule has 0 aromatic carbocycles. The van der Waals surface area contributed by atoms with E-state index in [0.29, 0.717) is 0 Å². The monoisotopic (exact) mass is 298 g/mol. The van der Waals surface area contributed by atoms with Crippen LogP contribution in [0.15, 0.2) is 0 Å². The van der Waals surface area contributed by atoms with Crippen LogP contribution >= 0.6 is 0 Å². The van der Waals surface area contributed by atoms with Gasteiger partial charge in [0, 0.05) is 0 Å². The summed E-state index contributed by atoms with van der Waals surface area (Å²) in [5.41, 5.74) is 0. The van der Waals surface area contributed by atoms with Gasteiger partial charge in [-0.3, -0.25) is 0 Å². The van der Waals surface area contributed by atoms with Crippen LogP contribution in [0.5, 0.6) is 0 Å². The first-order valence-corrected chi connectivity index (χ1v) is 10.5. The Bertz CT molecular complexity index is 69.5. The Labute approximate surface area is 137 Å². The molecule has 0 saturated heterocycles. The van der Waals surface area contributed by atoms with Gasteiger partial charge in [0.1, 0.15) is 0 Å². The van der Waals surface area contributed by atoms with Gasteiger partial charge in [0.2, 0.25) is 0 Å². The lowest BCUT2D eigenvalue weighted by Crippen LogP contribution is -1.82. The van der Waals surface area contributed by atoms with Crippen LogP contribution < -0.4 is 0 Å². The van der Waals surface area contributed by atoms with E-state index in [0.717, 1.165) is 0 Å². The third kappa shape index (κ3) is 22.4. The molecule has 0 spiro atoms. The largest absolute Gasteiger partial charge is 0.0683 e. The third-order valence-electron chi connectivity index (χ3n) is 4.25. The normalized spacial score (nSPS) is 20.0. The lowest BCUT2D eigenvalue weighted by Gasteiger charge is -2.02. The zero-order valence-electron chi connectivity index (χ0n) is 16.0. The quantitative estimate of drug-likeness (QED) is 0.419. The molecule has 1 saturated carbocycles. The van der Waals surface area contributed by atoms with Gasteiger partial charge in [0.15, 0.2) is 0 Å². The molecule has 1 aliphatic carbocycles. The van der Waals surface area contributed by atoms with E-state index in [-0.39, 0.29) is 0 Å². The molecule has 0 amide bonds. The summed E-state index contributed by atoms with van der Waals surface area (Å²) in [6.07, 6.45) is 25.5. The minimum atomic E-state index is 1.50. The summed E-state index contributed by atoms with van der Waals surface area (Å²) in [6, 6.07) is 0. The summed E-state index contributed by atoms with van der Waals surface area (Å²) in [7, 11) is 0. The minimum Gasteiger partial charge on any atom is -0.0683 e. The zero-order valence-corrected chi connectivity index (χ0v) is 16.0. The van der Waals surface area contributed by atoms with Gasteiger partial charge in [-0.05, 0) is 0 Å². The van der Waals surface area contributed by atoms with Crippen molar-refractivity contribution in [1.29, 1.82) is 0 Å². The maximum absolute atomic E-state index is 2.00. The zero-order chi connectivity index (χ0) is 16.0. The summed E-state index contributed by atoms with van der Waals surface area (Å²) in [5, 5.41) is 0. The van der Waals surface area contributed by atoms with E-state index in [2.05, 4.69) is 0 Å². The molecule has 1 aliphatic rings. The fourth-order valence-corrected chi connectivity index (χ4v) is 3.01. The Balaban J connectivity index is 0. The Morgan fingerprint density at radius 3 is 0.286 bits per heavy atom. The highest BCUT2D eigenvalue weighted by Gasteiger charge is 1.96. The van der Waals surface area contributed by atoms with E-state index in [4.69, 9.17) is 0 Å². The molecule has 0 bridgehead atoms. The van der Waals surface area contributed by atoms with Gasteiger partial charge in [-0.2, -0.15) is 0 Å². The van der Waals surface area contributed by atoms with E-state index < -0.39 is 0 Å². The van der Waals surface area contributed by atoms with Crippen molar-refractivity contribution in [3.63, 3.8) is 0 Å². The van der Waals surface area contributed by atoms with Crippen molar-refractivity contribution in [2.45, 2.75) is 137 Å². The second-order valence-electron chi connectivity index (χ2n) is 6.01. The van der Waals surface area contributed by atoms with Gasteiger partial charge >= 0.3 is 0 Å². The van der Waals surface area contributed by atoms with Crippen molar-refractivity contribution in [1.82, 2.24) is 0 Å². The van der Waals surface area contributed by atoms with Gasteiger partial charge in [0.25, 0.3) is 0 Å². The molecule has 0 nitrogen and oxygen atoms in total. The van der Waals surface area contributed by atoms with Crippen LogP contribution in [0.4, 0.5) is 0 Å². The second-order valence-corrected chi connectivity index (χ2v) is 6.01. The number of rotatable bonds is 0. The Kier molecular flexibility index (Phi) is 27.7. The topological polar surface area (TPSA) is 0 Å². The predicted molar refractivity (Wildman–Crippen MR) is 101 cm³/mol. The molecule has 0 N–H and O–H groups in total. The molecule has 0 atom stereocenters. The fourth-order valence-electron chi connectivity index (χ4n) is 3.01. The van der Waals surface area contributed by atoms with Crippen LogP contribution in [0.2, 0.25) is 0 Å². The van der Waals surface area contributed by atoms with Crippen molar-refractivity contribution in [3.05, 3.63) is 0 Å². The molecule has 0 heterocycles. The number of hydrogen-bond acceptors (Lipinski definition) is 0. The van der Waals surface area contributed by atoms with Crippen molar-refractivity contribution in [2.24, 2.45) is 0 Å². The average Bonchev–Trinajstić information content (AvgIpc) is 2.56. The second kappa shape index (κ2) is 25.0. The highest BCUT2D eigenvalue weighted by Crippen LogP contribution is 2.16. The molecule has 0 radical (unpaired) electrons. The summed E-state index contributed by atoms with van der Waals surface area (Å²) in [5.74, 6) is 0. The summed E-state index contributed by atoms with van der Waals surface area (Å²) in [4.78, 5) is 0. The van der Waals surface area contributed by atoms with Gasteiger partial charge in [-0.1, -0.05) is 137 Å². The van der Waals surface area contributed by atoms with Crippen LogP contribution in [0.1, 0.15) is 137 Å². The van der Waals surface area contributed by atoms with Gasteiger partial charge in [0.05, 0.1) is 0 Å². The molecule has 130 valence electrons. The molecular weight excluding hydrogens is 252 g/mol. The van der Waals surface area contributed by atoms with E-state index in [9.17, 15) is 0 Å². The van der Waals surface area contributed by atoms with Crippen molar-refractivity contribution in [2.75, 3.05) is 0 Å². The predicted octanol–water partition coefficient (Wildman–Crippen LogP) is 8.68. The molecule has 1 fully saturated rings. The molecule has 0 aliphatic heterocycles. The highest BCUT2D eigenvalue weighted by atomic mass is 14.0. The van der Waals surface area contributed by atoms with Gasteiger partial charge < -0.3 is 0 Å². The Morgan fingerprint density at radius 2 is 0.238 bits per heavy atom. The summed E-state index contributed by atoms with van der Waals surface area (Å²) >= 11 is 0. The smallest absolute Gasteiger partial charge is 0.0533 e. The van der Waals surface area contributed by atoms with Crippen molar-refractivity contribution >= 4 is 0 Å². The molecule has 0 aromatic heterocycles. The summed E-state index contributed by atoms with van der Waals surface area (Å²) < 4.78 is 0. The average molecular weight is 299 g/mol. The van der Waals surface area contributed by atoms with Crippen molar-refractivity contribution < 1.29 is 0 Å². The van der Waals surface area contributed by atoms with Crippen LogP contribution in [-0.2, 0) is 0 Å². The molecule has 1 rings (SSSR count). The molecule has 0 aromatic rings. The van der Waals surface area contributed by atoms with Gasteiger partial charge in [-0.15, -0.1) is 0 Å². The molecular formula is C21H46. The number of hydrogen-bond donors (Lipinski definition) is 0. The third-order valence-corrected chi connectivity index (χ3v) is 4.25. The van der Waals surface area contributed by atoms with E-state index in [1.165, 1.54) is 109 Å². The SMILES string of the molecule is C1CCCCCCCCCCCCCCCC1.CC.CC. The highest BCUT2D eigenvalue weighted by molar-refractivity contribution is 4.52. The van der Waals surface area contributed by atoms with Crippen molar-refractivity contribution in [3.8, 4) is 0 Å². The lowest BCUT2D eigenvalue weighted by atomic mass is 10.0. The van der Waals surface area contributed by atoms with E-state index in [1.807, 2.05) is 27.7 Å². The van der Waals surface area contributed by atoms with Crippen LogP contribution in [-0.4, -0.2) is 0 Å². The van der Waals surface area contributed by atoms with Crippen LogP contribution in [0, 0.1) is 0 Å². The minimum absolute atomic E-state index is 1.50. The van der Waals surface area contributed by atoms with E-state index >= 15 is 0 Å². The molecule has 0 heteroatoms. The van der Waals surface area contributed by atoms with Crippen LogP contribution in [0.3, 0.4) is 0 Å². The molecule has 0 unspecified atom stereocenters. The lowest BCUT2D eigenvalue weighted by molar-refractivity contribution is 0.538. The Hall–Kier alpha value is 0. The summed E-state index contributed by atoms with van der Waals surface area (Å²) in [6.45, 7) is 8.00. The first kappa shape index (κ1) is 23.3. The van der Waals surface area contributed by atoms with Crippen LogP contribution in [0.25, 0.3) is 0 Å².